The van der Waals surface area contributed by atoms with Crippen LogP contribution in [-0.2, 0) is 0 Å². The van der Waals surface area contributed by atoms with Gasteiger partial charge in [-0.25, -0.2) is 0 Å². The Morgan fingerprint density at radius 1 is 0.279 bits per heavy atom. The SMILES string of the molecule is c1ccc(-c2cccc3c(-c4c5ccccc5c(-c5cccc6oc7ccccc7c56)c5ccccc45)cccc23)cc1. The summed E-state index contributed by atoms with van der Waals surface area (Å²) >= 11 is 0. The van der Waals surface area contributed by atoms with Gasteiger partial charge >= 0.3 is 0 Å². The first kappa shape index (κ1) is 24.0. The molecule has 8 aromatic carbocycles. The fraction of sp³-hybridized carbons (Fsp3) is 0. The second-order valence-corrected chi connectivity index (χ2v) is 11.2. The number of hydrogen-bond donors (Lipinski definition) is 0. The van der Waals surface area contributed by atoms with Gasteiger partial charge in [0.25, 0.3) is 0 Å². The summed E-state index contributed by atoms with van der Waals surface area (Å²) in [6.45, 7) is 0. The van der Waals surface area contributed by atoms with Gasteiger partial charge in [0.1, 0.15) is 11.2 Å². The lowest BCUT2D eigenvalue weighted by molar-refractivity contribution is 0.669. The summed E-state index contributed by atoms with van der Waals surface area (Å²) < 4.78 is 6.33. The summed E-state index contributed by atoms with van der Waals surface area (Å²) in [4.78, 5) is 0. The van der Waals surface area contributed by atoms with Crippen LogP contribution in [0.2, 0.25) is 0 Å². The third-order valence-electron chi connectivity index (χ3n) is 8.88. The molecule has 1 heterocycles. The van der Waals surface area contributed by atoms with Crippen LogP contribution in [0.15, 0.2) is 162 Å². The van der Waals surface area contributed by atoms with E-state index in [-0.39, 0.29) is 0 Å². The summed E-state index contributed by atoms with van der Waals surface area (Å²) in [5, 5.41) is 9.81. The van der Waals surface area contributed by atoms with Gasteiger partial charge in [-0.05, 0) is 77.8 Å². The molecule has 0 saturated heterocycles. The van der Waals surface area contributed by atoms with Gasteiger partial charge < -0.3 is 4.42 Å². The van der Waals surface area contributed by atoms with Crippen LogP contribution in [-0.4, -0.2) is 0 Å². The molecular weight excluding hydrogens is 520 g/mol. The highest BCUT2D eigenvalue weighted by molar-refractivity contribution is 6.27. The van der Waals surface area contributed by atoms with Crippen LogP contribution >= 0.6 is 0 Å². The summed E-state index contributed by atoms with van der Waals surface area (Å²) in [6.07, 6.45) is 0. The normalized spacial score (nSPS) is 11.7. The maximum atomic E-state index is 6.33. The number of para-hydroxylation sites is 1. The first-order valence-electron chi connectivity index (χ1n) is 14.8. The molecule has 0 atom stereocenters. The van der Waals surface area contributed by atoms with Crippen molar-refractivity contribution in [2.75, 3.05) is 0 Å². The average Bonchev–Trinajstić information content (AvgIpc) is 3.46. The fourth-order valence-corrected chi connectivity index (χ4v) is 7.09. The molecule has 0 radical (unpaired) electrons. The van der Waals surface area contributed by atoms with E-state index in [1.165, 1.54) is 71.1 Å². The topological polar surface area (TPSA) is 13.1 Å². The average molecular weight is 547 g/mol. The lowest BCUT2D eigenvalue weighted by Gasteiger charge is -2.19. The third-order valence-corrected chi connectivity index (χ3v) is 8.88. The van der Waals surface area contributed by atoms with Crippen molar-refractivity contribution < 1.29 is 4.42 Å². The van der Waals surface area contributed by atoms with Crippen LogP contribution in [0.25, 0.3) is 87.6 Å². The highest BCUT2D eigenvalue weighted by Crippen LogP contribution is 2.48. The molecule has 0 unspecified atom stereocenters. The zero-order valence-corrected chi connectivity index (χ0v) is 23.4. The van der Waals surface area contributed by atoms with Gasteiger partial charge in [0.2, 0.25) is 0 Å². The number of hydrogen-bond acceptors (Lipinski definition) is 1. The molecule has 0 saturated carbocycles. The Labute approximate surface area is 249 Å². The van der Waals surface area contributed by atoms with Crippen molar-refractivity contribution in [1.82, 2.24) is 0 Å². The first-order chi connectivity index (χ1) is 21.4. The number of fused-ring (bicyclic) bond motifs is 6. The fourth-order valence-electron chi connectivity index (χ4n) is 7.09. The van der Waals surface area contributed by atoms with E-state index in [1.807, 2.05) is 6.07 Å². The summed E-state index contributed by atoms with van der Waals surface area (Å²) in [7, 11) is 0. The molecule has 1 aromatic heterocycles. The second-order valence-electron chi connectivity index (χ2n) is 11.2. The van der Waals surface area contributed by atoms with Crippen molar-refractivity contribution in [2.24, 2.45) is 0 Å². The van der Waals surface area contributed by atoms with E-state index in [0.717, 1.165) is 16.6 Å². The van der Waals surface area contributed by atoms with Gasteiger partial charge in [0.15, 0.2) is 0 Å². The molecule has 0 amide bonds. The van der Waals surface area contributed by atoms with E-state index in [1.54, 1.807) is 0 Å². The molecular formula is C42H26O. The number of furan rings is 1. The van der Waals surface area contributed by atoms with Crippen molar-refractivity contribution in [3.8, 4) is 33.4 Å². The quantitative estimate of drug-likeness (QED) is 0.201. The van der Waals surface area contributed by atoms with Crippen molar-refractivity contribution in [2.45, 2.75) is 0 Å². The predicted molar refractivity (Wildman–Crippen MR) is 183 cm³/mol. The highest BCUT2D eigenvalue weighted by Gasteiger charge is 2.21. The molecule has 9 aromatic rings. The van der Waals surface area contributed by atoms with Crippen LogP contribution in [0.5, 0.6) is 0 Å². The van der Waals surface area contributed by atoms with Gasteiger partial charge in [-0.3, -0.25) is 0 Å². The molecule has 0 aliphatic rings. The van der Waals surface area contributed by atoms with E-state index in [0.29, 0.717) is 0 Å². The summed E-state index contributed by atoms with van der Waals surface area (Å²) in [6, 6.07) is 56.7. The van der Waals surface area contributed by atoms with Crippen molar-refractivity contribution in [1.29, 1.82) is 0 Å². The predicted octanol–water partition coefficient (Wildman–Crippen LogP) is 12.0. The first-order valence-corrected chi connectivity index (χ1v) is 14.8. The second kappa shape index (κ2) is 9.44. The van der Waals surface area contributed by atoms with E-state index in [4.69, 9.17) is 4.42 Å². The Kier molecular flexibility index (Phi) is 5.27. The van der Waals surface area contributed by atoms with Gasteiger partial charge in [0.05, 0.1) is 0 Å². The van der Waals surface area contributed by atoms with E-state index >= 15 is 0 Å². The minimum absolute atomic E-state index is 0.915. The molecule has 1 heteroatoms. The molecule has 0 bridgehead atoms. The van der Waals surface area contributed by atoms with Gasteiger partial charge in [0, 0.05) is 10.8 Å². The van der Waals surface area contributed by atoms with E-state index in [9.17, 15) is 0 Å². The molecule has 0 N–H and O–H groups in total. The highest BCUT2D eigenvalue weighted by atomic mass is 16.3. The van der Waals surface area contributed by atoms with E-state index in [2.05, 4.69) is 152 Å². The smallest absolute Gasteiger partial charge is 0.136 e. The maximum Gasteiger partial charge on any atom is 0.136 e. The van der Waals surface area contributed by atoms with Crippen LogP contribution < -0.4 is 0 Å². The minimum Gasteiger partial charge on any atom is -0.456 e. The summed E-state index contributed by atoms with van der Waals surface area (Å²) in [5.41, 5.74) is 9.29. The van der Waals surface area contributed by atoms with Gasteiger partial charge in [-0.15, -0.1) is 0 Å². The van der Waals surface area contributed by atoms with Crippen LogP contribution in [0.4, 0.5) is 0 Å². The lowest BCUT2D eigenvalue weighted by Crippen LogP contribution is -1.92. The molecule has 43 heavy (non-hydrogen) atoms. The third kappa shape index (κ3) is 3.58. The molecule has 9 rings (SSSR count). The summed E-state index contributed by atoms with van der Waals surface area (Å²) in [5.74, 6) is 0. The van der Waals surface area contributed by atoms with Gasteiger partial charge in [-0.2, -0.15) is 0 Å². The molecule has 0 fully saturated rings. The minimum atomic E-state index is 0.915. The maximum absolute atomic E-state index is 6.33. The van der Waals surface area contributed by atoms with E-state index < -0.39 is 0 Å². The lowest BCUT2D eigenvalue weighted by atomic mass is 9.83. The zero-order chi connectivity index (χ0) is 28.3. The van der Waals surface area contributed by atoms with Crippen molar-refractivity contribution >= 4 is 54.3 Å². The zero-order valence-electron chi connectivity index (χ0n) is 23.4. The largest absolute Gasteiger partial charge is 0.456 e. The van der Waals surface area contributed by atoms with Crippen LogP contribution in [0.3, 0.4) is 0 Å². The Balaban J connectivity index is 1.42. The van der Waals surface area contributed by atoms with Crippen molar-refractivity contribution in [3.05, 3.63) is 158 Å². The Bertz CT molecular complexity index is 2440. The molecule has 1 nitrogen and oxygen atoms in total. The van der Waals surface area contributed by atoms with Crippen LogP contribution in [0, 0.1) is 0 Å². The molecule has 0 spiro atoms. The number of benzene rings is 8. The molecule has 0 aliphatic heterocycles. The standard InChI is InChI=1S/C42H26O/c1-2-13-27(14-3-1)28-20-10-22-30-29(28)21-11-23-31(30)40-32-15-4-6-17-34(32)41(35-18-7-5-16-33(35)40)37-24-12-26-39-42(37)36-19-8-9-25-38(36)43-39/h1-26H. The Hall–Kier alpha value is -5.66. The van der Waals surface area contributed by atoms with Gasteiger partial charge in [-0.1, -0.05) is 146 Å². The monoisotopic (exact) mass is 546 g/mol. The number of rotatable bonds is 3. The van der Waals surface area contributed by atoms with Crippen molar-refractivity contribution in [3.63, 3.8) is 0 Å². The van der Waals surface area contributed by atoms with Crippen LogP contribution in [0.1, 0.15) is 0 Å². The Morgan fingerprint density at radius 3 is 1.40 bits per heavy atom. The molecule has 200 valence electrons. The molecule has 0 aliphatic carbocycles. The Morgan fingerprint density at radius 2 is 0.721 bits per heavy atom.